The fraction of sp³-hybridized carbons (Fsp3) is 0.0909. The molecule has 20 heavy (non-hydrogen) atoms. The largest absolute Gasteiger partial charge is 0.416 e. The maximum Gasteiger partial charge on any atom is 0.416 e. The maximum absolute atomic E-state index is 12.7. The Morgan fingerprint density at radius 3 is 2.60 bits per heavy atom. The molecule has 2 aromatic rings. The zero-order valence-corrected chi connectivity index (χ0v) is 11.4. The van der Waals surface area contributed by atoms with Crippen molar-refractivity contribution in [1.82, 2.24) is 9.78 Å². The van der Waals surface area contributed by atoms with Crippen LogP contribution in [0.1, 0.15) is 5.56 Å². The summed E-state index contributed by atoms with van der Waals surface area (Å²) in [5.74, 6) is 0. The Hall–Kier alpha value is -1.80. The summed E-state index contributed by atoms with van der Waals surface area (Å²) in [7, 11) is 0. The molecule has 3 N–H and O–H groups in total. The highest BCUT2D eigenvalue weighted by atomic mass is 35.5. The Labute approximate surface area is 122 Å². The zero-order chi connectivity index (χ0) is 14.9. The molecule has 0 radical (unpaired) electrons. The predicted octanol–water partition coefficient (Wildman–Crippen LogP) is 3.20. The van der Waals surface area contributed by atoms with E-state index >= 15 is 0 Å². The zero-order valence-electron chi connectivity index (χ0n) is 9.78. The minimum atomic E-state index is -4.47. The van der Waals surface area contributed by atoms with Crippen molar-refractivity contribution < 1.29 is 13.2 Å². The molecule has 0 aliphatic rings. The first-order valence-electron chi connectivity index (χ1n) is 5.25. The Bertz CT molecular complexity index is 653. The summed E-state index contributed by atoms with van der Waals surface area (Å²) in [5.41, 5.74) is 4.93. The maximum atomic E-state index is 12.7. The second kappa shape index (κ2) is 5.29. The number of nitrogens with zero attached hydrogens (tertiary/aromatic N) is 2. The summed E-state index contributed by atoms with van der Waals surface area (Å²) in [6, 6.07) is 3.10. The number of thiocarbonyl (C=S) groups is 1. The molecule has 4 nitrogen and oxygen atoms in total. The number of nitrogens with one attached hydrogen (secondary N) is 1. The van der Waals surface area contributed by atoms with Crippen LogP contribution < -0.4 is 11.1 Å². The number of hydrogen-bond acceptors (Lipinski definition) is 2. The number of hydrogen-bond donors (Lipinski definition) is 2. The summed E-state index contributed by atoms with van der Waals surface area (Å²) in [5, 5.41) is 6.63. The lowest BCUT2D eigenvalue weighted by atomic mass is 10.1. The number of rotatable bonds is 2. The van der Waals surface area contributed by atoms with Crippen molar-refractivity contribution in [3.63, 3.8) is 0 Å². The van der Waals surface area contributed by atoms with E-state index in [-0.39, 0.29) is 10.8 Å². The van der Waals surface area contributed by atoms with Gasteiger partial charge in [-0.25, -0.2) is 4.68 Å². The lowest BCUT2D eigenvalue weighted by Gasteiger charge is -2.14. The minimum absolute atomic E-state index is 0.0899. The SMILES string of the molecule is NC(=S)Nc1cc(C(F)(F)F)ccc1-n1cc(Cl)cn1. The van der Waals surface area contributed by atoms with Crippen molar-refractivity contribution >= 4 is 34.6 Å². The van der Waals surface area contributed by atoms with Crippen LogP contribution in [0.4, 0.5) is 18.9 Å². The van der Waals surface area contributed by atoms with Gasteiger partial charge in [0.1, 0.15) is 0 Å². The highest BCUT2D eigenvalue weighted by Crippen LogP contribution is 2.33. The van der Waals surface area contributed by atoms with Crippen LogP contribution in [0, 0.1) is 0 Å². The Balaban J connectivity index is 2.53. The van der Waals surface area contributed by atoms with Crippen LogP contribution in [-0.2, 0) is 6.18 Å². The van der Waals surface area contributed by atoms with E-state index in [2.05, 4.69) is 22.6 Å². The Morgan fingerprint density at radius 1 is 1.40 bits per heavy atom. The van der Waals surface area contributed by atoms with Crippen LogP contribution in [0.3, 0.4) is 0 Å². The molecule has 0 saturated heterocycles. The molecule has 9 heteroatoms. The number of anilines is 1. The van der Waals surface area contributed by atoms with Crippen molar-refractivity contribution in [2.24, 2.45) is 5.73 Å². The normalized spacial score (nSPS) is 11.4. The smallest absolute Gasteiger partial charge is 0.376 e. The molecule has 0 saturated carbocycles. The van der Waals surface area contributed by atoms with Gasteiger partial charge in [-0.15, -0.1) is 0 Å². The van der Waals surface area contributed by atoms with Crippen LogP contribution in [0.2, 0.25) is 5.02 Å². The van der Waals surface area contributed by atoms with E-state index in [0.717, 1.165) is 12.1 Å². The lowest BCUT2D eigenvalue weighted by Crippen LogP contribution is -2.21. The van der Waals surface area contributed by atoms with Gasteiger partial charge in [0.15, 0.2) is 5.11 Å². The molecule has 0 spiro atoms. The Kier molecular flexibility index (Phi) is 3.87. The first kappa shape index (κ1) is 14.6. The Morgan fingerprint density at radius 2 is 2.10 bits per heavy atom. The van der Waals surface area contributed by atoms with E-state index < -0.39 is 11.7 Å². The summed E-state index contributed by atoms with van der Waals surface area (Å²) < 4.78 is 39.4. The van der Waals surface area contributed by atoms with Crippen molar-refractivity contribution in [3.8, 4) is 5.69 Å². The molecule has 0 aliphatic heterocycles. The van der Waals surface area contributed by atoms with Crippen LogP contribution in [0.5, 0.6) is 0 Å². The lowest BCUT2D eigenvalue weighted by molar-refractivity contribution is -0.137. The molecule has 0 fully saturated rings. The van der Waals surface area contributed by atoms with Crippen molar-refractivity contribution in [2.45, 2.75) is 6.18 Å². The summed E-state index contributed by atoms with van der Waals surface area (Å²) in [6.45, 7) is 0. The highest BCUT2D eigenvalue weighted by molar-refractivity contribution is 7.80. The van der Waals surface area contributed by atoms with Gasteiger partial charge in [0, 0.05) is 6.20 Å². The van der Waals surface area contributed by atoms with Gasteiger partial charge in [-0.2, -0.15) is 18.3 Å². The molecule has 0 atom stereocenters. The van der Waals surface area contributed by atoms with Gasteiger partial charge >= 0.3 is 6.18 Å². The summed E-state index contributed by atoms with van der Waals surface area (Å²) >= 11 is 10.4. The van der Waals surface area contributed by atoms with E-state index in [4.69, 9.17) is 17.3 Å². The predicted molar refractivity (Wildman–Crippen MR) is 74.0 cm³/mol. The third-order valence-electron chi connectivity index (χ3n) is 2.38. The van der Waals surface area contributed by atoms with Gasteiger partial charge in [-0.3, -0.25) is 0 Å². The second-order valence-electron chi connectivity index (χ2n) is 3.82. The van der Waals surface area contributed by atoms with Gasteiger partial charge in [-0.05, 0) is 30.4 Å². The molecule has 0 unspecified atom stereocenters. The van der Waals surface area contributed by atoms with E-state index in [1.54, 1.807) is 0 Å². The number of nitrogens with two attached hydrogens (primary N) is 1. The number of alkyl halides is 3. The van der Waals surface area contributed by atoms with Crippen LogP contribution in [-0.4, -0.2) is 14.9 Å². The van der Waals surface area contributed by atoms with Gasteiger partial charge in [0.05, 0.1) is 28.2 Å². The summed E-state index contributed by atoms with van der Waals surface area (Å²) in [6.07, 6.45) is -1.65. The first-order chi connectivity index (χ1) is 9.27. The number of benzene rings is 1. The average molecular weight is 321 g/mol. The van der Waals surface area contributed by atoms with E-state index in [1.165, 1.54) is 23.1 Å². The van der Waals surface area contributed by atoms with Crippen molar-refractivity contribution in [2.75, 3.05) is 5.32 Å². The van der Waals surface area contributed by atoms with E-state index in [9.17, 15) is 13.2 Å². The standard InChI is InChI=1S/C11H8ClF3N4S/c12-7-4-17-19(5-7)9-2-1-6(11(13,14)15)3-8(9)18-10(16)20/h1-5H,(H3,16,18,20). The number of aromatic nitrogens is 2. The third kappa shape index (κ3) is 3.20. The molecular formula is C11H8ClF3N4S. The molecule has 0 amide bonds. The quantitative estimate of drug-likeness (QED) is 0.834. The average Bonchev–Trinajstić information content (AvgIpc) is 2.73. The molecule has 1 aromatic heterocycles. The fourth-order valence-corrected chi connectivity index (χ4v) is 1.82. The molecule has 2 rings (SSSR count). The van der Waals surface area contributed by atoms with Gasteiger partial charge in [-0.1, -0.05) is 11.6 Å². The minimum Gasteiger partial charge on any atom is -0.376 e. The molecule has 106 valence electrons. The fourth-order valence-electron chi connectivity index (χ4n) is 1.58. The van der Waals surface area contributed by atoms with Crippen LogP contribution >= 0.6 is 23.8 Å². The monoisotopic (exact) mass is 320 g/mol. The van der Waals surface area contributed by atoms with Gasteiger partial charge < -0.3 is 11.1 Å². The molecule has 1 heterocycles. The summed E-state index contributed by atoms with van der Waals surface area (Å²) in [4.78, 5) is 0. The molecular weight excluding hydrogens is 313 g/mol. The highest BCUT2D eigenvalue weighted by Gasteiger charge is 2.31. The first-order valence-corrected chi connectivity index (χ1v) is 6.04. The van der Waals surface area contributed by atoms with Gasteiger partial charge in [0.25, 0.3) is 0 Å². The van der Waals surface area contributed by atoms with Crippen molar-refractivity contribution in [1.29, 1.82) is 0 Å². The number of halogens is 4. The molecule has 0 bridgehead atoms. The van der Waals surface area contributed by atoms with Crippen LogP contribution in [0.25, 0.3) is 5.69 Å². The van der Waals surface area contributed by atoms with Crippen LogP contribution in [0.15, 0.2) is 30.6 Å². The second-order valence-corrected chi connectivity index (χ2v) is 4.70. The van der Waals surface area contributed by atoms with E-state index in [1.807, 2.05) is 0 Å². The third-order valence-corrected chi connectivity index (χ3v) is 2.68. The molecule has 0 aliphatic carbocycles. The van der Waals surface area contributed by atoms with Crippen molar-refractivity contribution in [3.05, 3.63) is 41.2 Å². The molecule has 1 aromatic carbocycles. The van der Waals surface area contributed by atoms with E-state index in [0.29, 0.717) is 10.7 Å². The van der Waals surface area contributed by atoms with Gasteiger partial charge in [0.2, 0.25) is 0 Å². The topological polar surface area (TPSA) is 55.9 Å².